The third-order valence-electron chi connectivity index (χ3n) is 4.07. The van der Waals surface area contributed by atoms with Gasteiger partial charge in [0.25, 0.3) is 0 Å². The normalized spacial score (nSPS) is 16.8. The number of carboxylic acids is 1. The van der Waals surface area contributed by atoms with Gasteiger partial charge in [-0.2, -0.15) is 0 Å². The van der Waals surface area contributed by atoms with Crippen LogP contribution < -0.4 is 4.74 Å². The van der Waals surface area contributed by atoms with Crippen LogP contribution in [0.25, 0.3) is 0 Å². The molecule has 22 heavy (non-hydrogen) atoms. The quantitative estimate of drug-likeness (QED) is 0.917. The monoisotopic (exact) mass is 296 g/mol. The van der Waals surface area contributed by atoms with Crippen molar-refractivity contribution in [3.8, 4) is 5.75 Å². The zero-order valence-electron chi connectivity index (χ0n) is 12.4. The Hall–Kier alpha value is -2.62. The fraction of sp³-hybridized carbons (Fsp3) is 0.222. The van der Waals surface area contributed by atoms with E-state index in [2.05, 4.69) is 0 Å². The molecule has 0 spiro atoms. The standard InChI is InChI=1S/C18H16O4/c1-10-7-14-15(19)9-17(22-16(14)8-11(10)2)12-5-3-4-6-13(12)18(20)21/h3-8,17H,9H2,1-2H3,(H,20,21)/t17-/m1/s1. The minimum atomic E-state index is -1.02. The van der Waals surface area contributed by atoms with Gasteiger partial charge in [-0.3, -0.25) is 4.79 Å². The lowest BCUT2D eigenvalue weighted by atomic mass is 9.92. The van der Waals surface area contributed by atoms with Crippen LogP contribution in [0.1, 0.15) is 49.9 Å². The highest BCUT2D eigenvalue weighted by Crippen LogP contribution is 2.37. The SMILES string of the molecule is Cc1cc2c(cc1C)C(=O)C[C@H](c1ccccc1C(=O)O)O2. The van der Waals surface area contributed by atoms with E-state index in [1.807, 2.05) is 26.0 Å². The molecule has 1 heterocycles. The fourth-order valence-corrected chi connectivity index (χ4v) is 2.72. The van der Waals surface area contributed by atoms with Crippen molar-refractivity contribution < 1.29 is 19.4 Å². The minimum absolute atomic E-state index is 0.0189. The van der Waals surface area contributed by atoms with Crippen LogP contribution in [0, 0.1) is 13.8 Å². The summed E-state index contributed by atoms with van der Waals surface area (Å²) in [5.74, 6) is -0.503. The Morgan fingerprint density at radius 2 is 1.86 bits per heavy atom. The third-order valence-corrected chi connectivity index (χ3v) is 4.07. The lowest BCUT2D eigenvalue weighted by molar-refractivity contribution is 0.0682. The maximum Gasteiger partial charge on any atom is 0.336 e. The number of benzene rings is 2. The van der Waals surface area contributed by atoms with Gasteiger partial charge in [-0.05, 0) is 43.2 Å². The molecule has 1 N–H and O–H groups in total. The van der Waals surface area contributed by atoms with Gasteiger partial charge in [-0.25, -0.2) is 4.79 Å². The molecule has 1 aliphatic rings. The van der Waals surface area contributed by atoms with Crippen molar-refractivity contribution in [2.75, 3.05) is 0 Å². The van der Waals surface area contributed by atoms with Crippen LogP contribution in [-0.4, -0.2) is 16.9 Å². The van der Waals surface area contributed by atoms with Gasteiger partial charge in [0.1, 0.15) is 11.9 Å². The highest BCUT2D eigenvalue weighted by atomic mass is 16.5. The Morgan fingerprint density at radius 3 is 2.59 bits per heavy atom. The van der Waals surface area contributed by atoms with E-state index >= 15 is 0 Å². The number of hydrogen-bond acceptors (Lipinski definition) is 3. The second-order valence-electron chi connectivity index (χ2n) is 5.56. The summed E-state index contributed by atoms with van der Waals surface area (Å²) in [6, 6.07) is 10.3. The van der Waals surface area contributed by atoms with Crippen molar-refractivity contribution in [2.24, 2.45) is 0 Å². The molecule has 0 radical (unpaired) electrons. The van der Waals surface area contributed by atoms with E-state index in [4.69, 9.17) is 4.74 Å². The maximum atomic E-state index is 12.4. The molecule has 0 fully saturated rings. The Kier molecular flexibility index (Phi) is 3.45. The molecule has 0 bridgehead atoms. The van der Waals surface area contributed by atoms with Gasteiger partial charge in [0, 0.05) is 5.56 Å². The maximum absolute atomic E-state index is 12.4. The molecule has 3 rings (SSSR count). The smallest absolute Gasteiger partial charge is 0.336 e. The molecule has 112 valence electrons. The number of Topliss-reactive ketones (excluding diaryl/α,β-unsaturated/α-hetero) is 1. The van der Waals surface area contributed by atoms with Crippen LogP contribution in [0.3, 0.4) is 0 Å². The van der Waals surface area contributed by atoms with Crippen LogP contribution in [0.5, 0.6) is 5.75 Å². The third kappa shape index (κ3) is 2.37. The molecular weight excluding hydrogens is 280 g/mol. The van der Waals surface area contributed by atoms with Crippen LogP contribution in [0.15, 0.2) is 36.4 Å². The number of ketones is 1. The van der Waals surface area contributed by atoms with Gasteiger partial charge >= 0.3 is 5.97 Å². The van der Waals surface area contributed by atoms with E-state index in [1.165, 1.54) is 6.07 Å². The van der Waals surface area contributed by atoms with E-state index in [1.54, 1.807) is 18.2 Å². The van der Waals surface area contributed by atoms with E-state index in [-0.39, 0.29) is 17.8 Å². The predicted octanol–water partition coefficient (Wildman–Crippen LogP) is 3.71. The Labute approximate surface area is 128 Å². The zero-order valence-corrected chi connectivity index (χ0v) is 12.4. The molecule has 2 aromatic carbocycles. The molecule has 1 atom stereocenters. The molecule has 4 nitrogen and oxygen atoms in total. The van der Waals surface area contributed by atoms with Gasteiger partial charge in [0.05, 0.1) is 17.5 Å². The zero-order chi connectivity index (χ0) is 15.9. The summed E-state index contributed by atoms with van der Waals surface area (Å²) in [5.41, 5.74) is 3.37. The summed E-state index contributed by atoms with van der Waals surface area (Å²) in [5, 5.41) is 9.30. The highest BCUT2D eigenvalue weighted by molar-refractivity contribution is 6.00. The van der Waals surface area contributed by atoms with Gasteiger partial charge in [-0.15, -0.1) is 0 Å². The number of aromatic carboxylic acids is 1. The molecule has 0 saturated heterocycles. The van der Waals surface area contributed by atoms with Crippen LogP contribution in [-0.2, 0) is 0 Å². The summed E-state index contributed by atoms with van der Waals surface area (Å²) < 4.78 is 5.93. The minimum Gasteiger partial charge on any atom is -0.484 e. The Balaban J connectivity index is 2.05. The first-order chi connectivity index (χ1) is 10.5. The summed E-state index contributed by atoms with van der Waals surface area (Å²) >= 11 is 0. The average Bonchev–Trinajstić information content (AvgIpc) is 2.49. The van der Waals surface area contributed by atoms with E-state index < -0.39 is 12.1 Å². The number of carbonyl (C=O) groups is 2. The largest absolute Gasteiger partial charge is 0.484 e. The molecule has 1 aliphatic heterocycles. The number of carbonyl (C=O) groups excluding carboxylic acids is 1. The molecule has 0 unspecified atom stereocenters. The molecule has 0 aromatic heterocycles. The predicted molar refractivity (Wildman–Crippen MR) is 81.6 cm³/mol. The first-order valence-electron chi connectivity index (χ1n) is 7.10. The van der Waals surface area contributed by atoms with Crippen molar-refractivity contribution in [3.05, 3.63) is 64.2 Å². The lowest BCUT2D eigenvalue weighted by Gasteiger charge is -2.27. The van der Waals surface area contributed by atoms with E-state index in [0.717, 1.165) is 11.1 Å². The Morgan fingerprint density at radius 1 is 1.18 bits per heavy atom. The van der Waals surface area contributed by atoms with Crippen molar-refractivity contribution in [3.63, 3.8) is 0 Å². The first kappa shape index (κ1) is 14.3. The summed E-state index contributed by atoms with van der Waals surface area (Å²) in [6.07, 6.45) is -0.408. The number of ether oxygens (including phenoxy) is 1. The van der Waals surface area contributed by atoms with Gasteiger partial charge < -0.3 is 9.84 Å². The van der Waals surface area contributed by atoms with Crippen LogP contribution >= 0.6 is 0 Å². The van der Waals surface area contributed by atoms with Crippen LogP contribution in [0.2, 0.25) is 0 Å². The molecule has 2 aromatic rings. The molecule has 0 aliphatic carbocycles. The molecule has 4 heteroatoms. The highest BCUT2D eigenvalue weighted by Gasteiger charge is 2.30. The number of aryl methyl sites for hydroxylation is 2. The molecule has 0 saturated carbocycles. The van der Waals surface area contributed by atoms with Gasteiger partial charge in [0.15, 0.2) is 5.78 Å². The number of fused-ring (bicyclic) bond motifs is 1. The second kappa shape index (κ2) is 5.30. The number of hydrogen-bond donors (Lipinski definition) is 1. The Bertz CT molecular complexity index is 777. The molecular formula is C18H16O4. The van der Waals surface area contributed by atoms with E-state index in [9.17, 15) is 14.7 Å². The topological polar surface area (TPSA) is 63.6 Å². The second-order valence-corrected chi connectivity index (χ2v) is 5.56. The average molecular weight is 296 g/mol. The first-order valence-corrected chi connectivity index (χ1v) is 7.10. The van der Waals surface area contributed by atoms with Crippen LogP contribution in [0.4, 0.5) is 0 Å². The van der Waals surface area contributed by atoms with Crippen molar-refractivity contribution >= 4 is 11.8 Å². The van der Waals surface area contributed by atoms with Gasteiger partial charge in [-0.1, -0.05) is 18.2 Å². The van der Waals surface area contributed by atoms with Crippen molar-refractivity contribution in [2.45, 2.75) is 26.4 Å². The number of carboxylic acid groups (broad SMARTS) is 1. The van der Waals surface area contributed by atoms with Crippen molar-refractivity contribution in [1.29, 1.82) is 0 Å². The fourth-order valence-electron chi connectivity index (χ4n) is 2.72. The number of rotatable bonds is 2. The van der Waals surface area contributed by atoms with Crippen molar-refractivity contribution in [1.82, 2.24) is 0 Å². The van der Waals surface area contributed by atoms with Gasteiger partial charge in [0.2, 0.25) is 0 Å². The molecule has 0 amide bonds. The van der Waals surface area contributed by atoms with E-state index in [0.29, 0.717) is 16.9 Å². The summed E-state index contributed by atoms with van der Waals surface area (Å²) in [7, 11) is 0. The lowest BCUT2D eigenvalue weighted by Crippen LogP contribution is -2.22. The summed E-state index contributed by atoms with van der Waals surface area (Å²) in [4.78, 5) is 23.7. The summed E-state index contributed by atoms with van der Waals surface area (Å²) in [6.45, 7) is 3.91.